The van der Waals surface area contributed by atoms with Gasteiger partial charge in [0, 0.05) is 6.42 Å². The van der Waals surface area contributed by atoms with Crippen LogP contribution in [0.4, 0.5) is 0 Å². The van der Waals surface area contributed by atoms with Crippen molar-refractivity contribution in [2.24, 2.45) is 0 Å². The van der Waals surface area contributed by atoms with Gasteiger partial charge in [-0.1, -0.05) is 0 Å². The van der Waals surface area contributed by atoms with E-state index in [9.17, 15) is 0 Å². The van der Waals surface area contributed by atoms with E-state index in [1.54, 1.807) is 0 Å². The highest BCUT2D eigenvalue weighted by Gasteiger charge is 2.40. The lowest BCUT2D eigenvalue weighted by molar-refractivity contribution is 0.0390. The fraction of sp³-hybridized carbons (Fsp3) is 0.750. The molecule has 6 heavy (non-hydrogen) atoms. The van der Waals surface area contributed by atoms with Crippen LogP contribution in [0.1, 0.15) is 6.42 Å². The molecular weight excluding hydrogens is 80.0 g/mol. The molecule has 1 aliphatic rings. The van der Waals surface area contributed by atoms with Gasteiger partial charge in [0.05, 0.1) is 0 Å². The van der Waals surface area contributed by atoms with E-state index in [0.717, 1.165) is 0 Å². The Kier molecular flexibility index (Phi) is 0.648. The average Bonchev–Trinajstić information content (AvgIpc) is 2.22. The standard InChI is InChI=1S/C4H6O2/c1-2-4(5)3-6-4/h1,5H,2-3H2. The number of hydrogen-bond donors (Lipinski definition) is 1. The van der Waals surface area contributed by atoms with Crippen molar-refractivity contribution in [3.05, 3.63) is 6.92 Å². The minimum absolute atomic E-state index is 0.215. The van der Waals surface area contributed by atoms with Gasteiger partial charge in [0.15, 0.2) is 5.79 Å². The number of ether oxygens (including phenoxy) is 1. The van der Waals surface area contributed by atoms with Crippen molar-refractivity contribution < 1.29 is 9.84 Å². The third-order valence-corrected chi connectivity index (χ3v) is 0.797. The van der Waals surface area contributed by atoms with E-state index in [1.165, 1.54) is 0 Å². The van der Waals surface area contributed by atoms with Crippen LogP contribution < -0.4 is 0 Å². The molecule has 1 rings (SSSR count). The summed E-state index contributed by atoms with van der Waals surface area (Å²) in [5, 5.41) is 8.59. The SMILES string of the molecule is [CH]CC1(O)CO1. The molecule has 0 bridgehead atoms. The summed E-state index contributed by atoms with van der Waals surface area (Å²) in [4.78, 5) is 0. The molecule has 0 aliphatic carbocycles. The molecule has 34 valence electrons. The fourth-order valence-electron chi connectivity index (χ4n) is 0.201. The molecule has 0 aromatic rings. The maximum atomic E-state index is 8.59. The lowest BCUT2D eigenvalue weighted by Crippen LogP contribution is -2.04. The van der Waals surface area contributed by atoms with Crippen LogP contribution in [0.5, 0.6) is 0 Å². The molecule has 1 atom stereocenters. The second kappa shape index (κ2) is 0.950. The molecule has 1 fully saturated rings. The smallest absolute Gasteiger partial charge is 0.189 e. The summed E-state index contributed by atoms with van der Waals surface area (Å²) in [5.74, 6) is -0.931. The molecule has 2 radical (unpaired) electrons. The summed E-state index contributed by atoms with van der Waals surface area (Å²) in [6, 6.07) is 0. The summed E-state index contributed by atoms with van der Waals surface area (Å²) in [5.41, 5.74) is 0. The number of hydrogen-bond acceptors (Lipinski definition) is 2. The summed E-state index contributed by atoms with van der Waals surface area (Å²) in [7, 11) is 0. The van der Waals surface area contributed by atoms with Gasteiger partial charge in [-0.05, 0) is 6.92 Å². The predicted molar refractivity (Wildman–Crippen MR) is 19.8 cm³/mol. The van der Waals surface area contributed by atoms with Crippen LogP contribution in [-0.2, 0) is 4.74 Å². The normalized spacial score (nSPS) is 43.0. The number of epoxide rings is 1. The quantitative estimate of drug-likeness (QED) is 0.448. The third kappa shape index (κ3) is 0.533. The highest BCUT2D eigenvalue weighted by atomic mass is 16.7. The molecule has 1 N–H and O–H groups in total. The Balaban J connectivity index is 2.28. The number of aliphatic hydroxyl groups is 1. The van der Waals surface area contributed by atoms with Crippen molar-refractivity contribution >= 4 is 0 Å². The molecule has 1 heterocycles. The monoisotopic (exact) mass is 86.0 g/mol. The van der Waals surface area contributed by atoms with Crippen LogP contribution in [0.2, 0.25) is 0 Å². The Morgan fingerprint density at radius 2 is 2.50 bits per heavy atom. The molecule has 0 aromatic heterocycles. The van der Waals surface area contributed by atoms with E-state index >= 15 is 0 Å². The molecule has 0 spiro atoms. The Hall–Kier alpha value is -0.0800. The van der Waals surface area contributed by atoms with Gasteiger partial charge in [-0.15, -0.1) is 0 Å². The van der Waals surface area contributed by atoms with Crippen molar-refractivity contribution in [1.82, 2.24) is 0 Å². The third-order valence-electron chi connectivity index (χ3n) is 0.797. The molecule has 0 aromatic carbocycles. The first-order valence-electron chi connectivity index (χ1n) is 1.83. The van der Waals surface area contributed by atoms with Crippen LogP contribution in [0.25, 0.3) is 0 Å². The molecule has 0 saturated carbocycles. The van der Waals surface area contributed by atoms with Gasteiger partial charge in [0.25, 0.3) is 0 Å². The largest absolute Gasteiger partial charge is 0.364 e. The fourth-order valence-corrected chi connectivity index (χ4v) is 0.201. The van der Waals surface area contributed by atoms with Gasteiger partial charge in [-0.25, -0.2) is 0 Å². The van der Waals surface area contributed by atoms with E-state index in [4.69, 9.17) is 12.0 Å². The van der Waals surface area contributed by atoms with Crippen molar-refractivity contribution in [3.63, 3.8) is 0 Å². The maximum absolute atomic E-state index is 8.59. The Morgan fingerprint density at radius 1 is 2.00 bits per heavy atom. The predicted octanol–water partition coefficient (Wildman–Crippen LogP) is -0.194. The number of rotatable bonds is 1. The topological polar surface area (TPSA) is 32.8 Å². The molecule has 1 unspecified atom stereocenters. The average molecular weight is 86.1 g/mol. The van der Waals surface area contributed by atoms with E-state index in [0.29, 0.717) is 6.61 Å². The molecular formula is C4H6O2. The highest BCUT2D eigenvalue weighted by molar-refractivity contribution is 4.79. The van der Waals surface area contributed by atoms with Gasteiger partial charge in [-0.3, -0.25) is 0 Å². The van der Waals surface area contributed by atoms with Crippen LogP contribution in [0, 0.1) is 6.92 Å². The summed E-state index contributed by atoms with van der Waals surface area (Å²) in [6.45, 7) is 5.40. The van der Waals surface area contributed by atoms with Gasteiger partial charge >= 0.3 is 0 Å². The first kappa shape index (κ1) is 4.09. The zero-order valence-corrected chi connectivity index (χ0v) is 3.35. The second-order valence-corrected chi connectivity index (χ2v) is 1.44. The van der Waals surface area contributed by atoms with Crippen molar-refractivity contribution in [2.45, 2.75) is 12.2 Å². The molecule has 1 aliphatic heterocycles. The Morgan fingerprint density at radius 3 is 2.50 bits per heavy atom. The summed E-state index contributed by atoms with van der Waals surface area (Å²) in [6.07, 6.45) is 0.215. The zero-order chi connectivity index (χ0) is 4.62. The van der Waals surface area contributed by atoms with E-state index in [1.807, 2.05) is 0 Å². The van der Waals surface area contributed by atoms with Crippen LogP contribution >= 0.6 is 0 Å². The van der Waals surface area contributed by atoms with Crippen LogP contribution in [0.15, 0.2) is 0 Å². The van der Waals surface area contributed by atoms with Gasteiger partial charge in [0.2, 0.25) is 0 Å². The molecule has 2 heteroatoms. The zero-order valence-electron chi connectivity index (χ0n) is 3.35. The summed E-state index contributed by atoms with van der Waals surface area (Å²) < 4.78 is 4.48. The van der Waals surface area contributed by atoms with Crippen molar-refractivity contribution in [2.75, 3.05) is 6.61 Å². The van der Waals surface area contributed by atoms with Gasteiger partial charge in [0.1, 0.15) is 6.61 Å². The summed E-state index contributed by atoms with van der Waals surface area (Å²) >= 11 is 0. The molecule has 1 saturated heterocycles. The Bertz CT molecular complexity index is 56.6. The minimum atomic E-state index is -0.931. The van der Waals surface area contributed by atoms with Crippen molar-refractivity contribution in [1.29, 1.82) is 0 Å². The maximum Gasteiger partial charge on any atom is 0.189 e. The first-order valence-corrected chi connectivity index (χ1v) is 1.83. The Labute approximate surface area is 36.7 Å². The second-order valence-electron chi connectivity index (χ2n) is 1.44. The lowest BCUT2D eigenvalue weighted by atomic mass is 10.3. The van der Waals surface area contributed by atoms with Gasteiger partial charge in [-0.2, -0.15) is 0 Å². The molecule has 2 nitrogen and oxygen atoms in total. The lowest BCUT2D eigenvalue weighted by Gasteiger charge is -1.91. The van der Waals surface area contributed by atoms with E-state index in [2.05, 4.69) is 4.74 Å². The van der Waals surface area contributed by atoms with Gasteiger partial charge < -0.3 is 9.84 Å². The minimum Gasteiger partial charge on any atom is -0.364 e. The van der Waals surface area contributed by atoms with E-state index < -0.39 is 5.79 Å². The van der Waals surface area contributed by atoms with Crippen LogP contribution in [0.3, 0.4) is 0 Å². The highest BCUT2D eigenvalue weighted by Crippen LogP contribution is 2.25. The van der Waals surface area contributed by atoms with Crippen LogP contribution in [-0.4, -0.2) is 17.5 Å². The van der Waals surface area contributed by atoms with Crippen molar-refractivity contribution in [3.8, 4) is 0 Å². The van der Waals surface area contributed by atoms with E-state index in [-0.39, 0.29) is 6.42 Å². The first-order chi connectivity index (χ1) is 2.77. The molecule has 0 amide bonds.